The van der Waals surface area contributed by atoms with Gasteiger partial charge in [-0.1, -0.05) is 11.6 Å². The van der Waals surface area contributed by atoms with Crippen LogP contribution < -0.4 is 5.32 Å². The van der Waals surface area contributed by atoms with E-state index in [2.05, 4.69) is 10.3 Å². The van der Waals surface area contributed by atoms with Gasteiger partial charge in [0, 0.05) is 10.9 Å². The van der Waals surface area contributed by atoms with Crippen LogP contribution in [0.1, 0.15) is 29.8 Å². The minimum absolute atomic E-state index is 0.0461. The number of H-pyrrole nitrogens is 1. The van der Waals surface area contributed by atoms with Crippen molar-refractivity contribution in [3.8, 4) is 0 Å². The molecule has 3 N–H and O–H groups in total. The Hall–Kier alpha value is -2.08. The molecule has 5 nitrogen and oxygen atoms in total. The number of aromatic amines is 1. The summed E-state index contributed by atoms with van der Waals surface area (Å²) in [5, 5.41) is 12.2. The molecule has 1 aliphatic rings. The SMILES string of the molecule is O=C(NC1(C(=O)O)CCC1)c1[nH]c2ccc(F)cc2c1Cl. The molecule has 1 aromatic heterocycles. The van der Waals surface area contributed by atoms with Gasteiger partial charge in [0.1, 0.15) is 17.1 Å². The van der Waals surface area contributed by atoms with E-state index in [4.69, 9.17) is 11.6 Å². The lowest BCUT2D eigenvalue weighted by atomic mass is 9.76. The molecule has 0 unspecified atom stereocenters. The Kier molecular flexibility index (Phi) is 3.13. The van der Waals surface area contributed by atoms with Gasteiger partial charge in [0.15, 0.2) is 0 Å². The number of rotatable bonds is 3. The highest BCUT2D eigenvalue weighted by Crippen LogP contribution is 2.34. The summed E-state index contributed by atoms with van der Waals surface area (Å²) in [6, 6.07) is 3.95. The van der Waals surface area contributed by atoms with Gasteiger partial charge in [-0.05, 0) is 37.5 Å². The first-order chi connectivity index (χ1) is 9.93. The fourth-order valence-corrected chi connectivity index (χ4v) is 2.78. The average Bonchev–Trinajstić information content (AvgIpc) is 2.71. The fourth-order valence-electron chi connectivity index (χ4n) is 2.49. The number of carbonyl (C=O) groups excluding carboxylic acids is 1. The Morgan fingerprint density at radius 1 is 1.38 bits per heavy atom. The number of nitrogens with one attached hydrogen (secondary N) is 2. The monoisotopic (exact) mass is 310 g/mol. The molecule has 0 bridgehead atoms. The number of amides is 1. The number of hydrogen-bond donors (Lipinski definition) is 3. The molecule has 1 heterocycles. The van der Waals surface area contributed by atoms with Gasteiger partial charge < -0.3 is 15.4 Å². The second-order valence-electron chi connectivity index (χ2n) is 5.20. The zero-order chi connectivity index (χ0) is 15.2. The summed E-state index contributed by atoms with van der Waals surface area (Å²) < 4.78 is 13.2. The van der Waals surface area contributed by atoms with Crippen LogP contribution in [-0.4, -0.2) is 27.5 Å². The normalized spacial score (nSPS) is 16.5. The molecule has 21 heavy (non-hydrogen) atoms. The zero-order valence-electron chi connectivity index (χ0n) is 10.9. The van der Waals surface area contributed by atoms with Crippen molar-refractivity contribution in [3.63, 3.8) is 0 Å². The van der Waals surface area contributed by atoms with Crippen LogP contribution >= 0.6 is 11.6 Å². The van der Waals surface area contributed by atoms with Crippen LogP contribution in [0.5, 0.6) is 0 Å². The number of fused-ring (bicyclic) bond motifs is 1. The van der Waals surface area contributed by atoms with Crippen molar-refractivity contribution in [2.75, 3.05) is 0 Å². The second kappa shape index (κ2) is 4.73. The van der Waals surface area contributed by atoms with Crippen molar-refractivity contribution < 1.29 is 19.1 Å². The number of halogens is 2. The Bertz CT molecular complexity index is 752. The molecule has 0 saturated heterocycles. The first-order valence-electron chi connectivity index (χ1n) is 6.45. The van der Waals surface area contributed by atoms with Gasteiger partial charge in [0.2, 0.25) is 0 Å². The summed E-state index contributed by atoms with van der Waals surface area (Å²) in [5.41, 5.74) is -0.655. The van der Waals surface area contributed by atoms with Gasteiger partial charge in [-0.25, -0.2) is 9.18 Å². The van der Waals surface area contributed by atoms with Crippen molar-refractivity contribution in [2.45, 2.75) is 24.8 Å². The van der Waals surface area contributed by atoms with Crippen LogP contribution in [0.25, 0.3) is 10.9 Å². The molecular formula is C14H12ClFN2O3. The minimum Gasteiger partial charge on any atom is -0.480 e. The largest absolute Gasteiger partial charge is 0.480 e. The molecular weight excluding hydrogens is 299 g/mol. The van der Waals surface area contributed by atoms with E-state index in [-0.39, 0.29) is 10.7 Å². The number of hydrogen-bond acceptors (Lipinski definition) is 2. The highest BCUT2D eigenvalue weighted by atomic mass is 35.5. The van der Waals surface area contributed by atoms with Crippen LogP contribution in [0.4, 0.5) is 4.39 Å². The highest BCUT2D eigenvalue weighted by molar-refractivity contribution is 6.38. The van der Waals surface area contributed by atoms with Gasteiger partial charge in [-0.2, -0.15) is 0 Å². The summed E-state index contributed by atoms with van der Waals surface area (Å²) in [7, 11) is 0. The molecule has 1 aromatic carbocycles. The zero-order valence-corrected chi connectivity index (χ0v) is 11.6. The van der Waals surface area contributed by atoms with E-state index in [1.54, 1.807) is 0 Å². The number of carboxylic acids is 1. The van der Waals surface area contributed by atoms with E-state index >= 15 is 0 Å². The second-order valence-corrected chi connectivity index (χ2v) is 5.58. The number of carbonyl (C=O) groups is 2. The number of benzene rings is 1. The summed E-state index contributed by atoms with van der Waals surface area (Å²) in [5.74, 6) is -2.12. The van der Waals surface area contributed by atoms with Gasteiger partial charge >= 0.3 is 5.97 Å². The maximum absolute atomic E-state index is 13.2. The first kappa shape index (κ1) is 13.9. The smallest absolute Gasteiger partial charge is 0.329 e. The molecule has 0 radical (unpaired) electrons. The first-order valence-corrected chi connectivity index (χ1v) is 6.83. The predicted octanol–water partition coefficient (Wildman–Crippen LogP) is 2.70. The lowest BCUT2D eigenvalue weighted by molar-refractivity contribution is -0.148. The maximum atomic E-state index is 13.2. The van der Waals surface area contributed by atoms with Crippen molar-refractivity contribution in [2.24, 2.45) is 0 Å². The molecule has 7 heteroatoms. The minimum atomic E-state index is -1.22. The summed E-state index contributed by atoms with van der Waals surface area (Å²) in [4.78, 5) is 26.3. The summed E-state index contributed by atoms with van der Waals surface area (Å²) in [6.45, 7) is 0. The van der Waals surface area contributed by atoms with E-state index in [0.717, 1.165) is 6.42 Å². The van der Waals surface area contributed by atoms with E-state index in [1.807, 2.05) is 0 Å². The molecule has 1 saturated carbocycles. The van der Waals surface area contributed by atoms with Gasteiger partial charge in [0.05, 0.1) is 5.02 Å². The number of aromatic nitrogens is 1. The van der Waals surface area contributed by atoms with Crippen LogP contribution in [0.2, 0.25) is 5.02 Å². The van der Waals surface area contributed by atoms with Crippen molar-refractivity contribution >= 4 is 34.4 Å². The molecule has 0 spiro atoms. The van der Waals surface area contributed by atoms with Crippen LogP contribution in [-0.2, 0) is 4.79 Å². The molecule has 3 rings (SSSR count). The summed E-state index contributed by atoms with van der Waals surface area (Å²) in [6.07, 6.45) is 1.53. The Labute approximate surface area is 124 Å². The van der Waals surface area contributed by atoms with Gasteiger partial charge in [0.25, 0.3) is 5.91 Å². The molecule has 1 fully saturated rings. The molecule has 0 aliphatic heterocycles. The molecule has 0 atom stereocenters. The average molecular weight is 311 g/mol. The summed E-state index contributed by atoms with van der Waals surface area (Å²) >= 11 is 6.09. The van der Waals surface area contributed by atoms with E-state index in [9.17, 15) is 19.1 Å². The molecule has 2 aromatic rings. The number of carboxylic acid groups (broad SMARTS) is 1. The lowest BCUT2D eigenvalue weighted by Crippen LogP contribution is -2.59. The van der Waals surface area contributed by atoms with E-state index < -0.39 is 23.2 Å². The van der Waals surface area contributed by atoms with Crippen LogP contribution in [0, 0.1) is 5.82 Å². The van der Waals surface area contributed by atoms with Gasteiger partial charge in [-0.15, -0.1) is 0 Å². The third-order valence-electron chi connectivity index (χ3n) is 3.89. The molecule has 1 aliphatic carbocycles. The molecule has 1 amide bonds. The van der Waals surface area contributed by atoms with Crippen molar-refractivity contribution in [1.82, 2.24) is 10.3 Å². The van der Waals surface area contributed by atoms with E-state index in [0.29, 0.717) is 23.7 Å². The van der Waals surface area contributed by atoms with Crippen molar-refractivity contribution in [3.05, 3.63) is 34.7 Å². The van der Waals surface area contributed by atoms with Crippen LogP contribution in [0.15, 0.2) is 18.2 Å². The third-order valence-corrected chi connectivity index (χ3v) is 4.29. The maximum Gasteiger partial charge on any atom is 0.329 e. The Balaban J connectivity index is 1.95. The number of aliphatic carboxylic acids is 1. The Morgan fingerprint density at radius 3 is 2.67 bits per heavy atom. The van der Waals surface area contributed by atoms with E-state index in [1.165, 1.54) is 18.2 Å². The lowest BCUT2D eigenvalue weighted by Gasteiger charge is -2.38. The van der Waals surface area contributed by atoms with Crippen LogP contribution in [0.3, 0.4) is 0 Å². The molecule has 110 valence electrons. The third kappa shape index (κ3) is 2.15. The van der Waals surface area contributed by atoms with Gasteiger partial charge in [-0.3, -0.25) is 4.79 Å². The standard InChI is InChI=1S/C14H12ClFN2O3/c15-10-8-6-7(16)2-3-9(8)17-11(10)12(19)18-14(13(20)21)4-1-5-14/h2-3,6,17H,1,4-5H2,(H,18,19)(H,20,21). The highest BCUT2D eigenvalue weighted by Gasteiger charge is 2.46. The topological polar surface area (TPSA) is 82.2 Å². The predicted molar refractivity (Wildman–Crippen MR) is 75.0 cm³/mol. The Morgan fingerprint density at radius 2 is 2.10 bits per heavy atom. The van der Waals surface area contributed by atoms with Crippen molar-refractivity contribution in [1.29, 1.82) is 0 Å². The quantitative estimate of drug-likeness (QED) is 0.815. The fraction of sp³-hybridized carbons (Fsp3) is 0.286.